The standard InChI is InChI=1S/C19H17BrN2O2/c1-3-10-22(13-15-6-4-14(12-21)5-7-15)19(23)17-11-16(24-2)8-9-18(17)20/h3-9,11H,1,10,13H2,2H3. The molecule has 2 rings (SSSR count). The van der Waals surface area contributed by atoms with Gasteiger partial charge in [-0.25, -0.2) is 0 Å². The number of carbonyl (C=O) groups excluding carboxylic acids is 1. The Balaban J connectivity index is 2.27. The van der Waals surface area contributed by atoms with Crippen molar-refractivity contribution >= 4 is 21.8 Å². The van der Waals surface area contributed by atoms with E-state index in [9.17, 15) is 4.79 Å². The summed E-state index contributed by atoms with van der Waals surface area (Å²) in [6, 6.07) is 14.6. The highest BCUT2D eigenvalue weighted by atomic mass is 79.9. The Morgan fingerprint density at radius 2 is 2.04 bits per heavy atom. The number of nitrogens with zero attached hydrogens (tertiary/aromatic N) is 2. The van der Waals surface area contributed by atoms with E-state index in [0.717, 1.165) is 5.56 Å². The van der Waals surface area contributed by atoms with Gasteiger partial charge >= 0.3 is 0 Å². The van der Waals surface area contributed by atoms with E-state index < -0.39 is 0 Å². The largest absolute Gasteiger partial charge is 0.497 e. The van der Waals surface area contributed by atoms with Gasteiger partial charge in [0, 0.05) is 17.6 Å². The van der Waals surface area contributed by atoms with Crippen LogP contribution in [0.25, 0.3) is 0 Å². The second-order valence-electron chi connectivity index (χ2n) is 5.13. The van der Waals surface area contributed by atoms with E-state index in [1.165, 1.54) is 0 Å². The van der Waals surface area contributed by atoms with Crippen molar-refractivity contribution in [2.45, 2.75) is 6.54 Å². The Labute approximate surface area is 150 Å². The number of hydrogen-bond donors (Lipinski definition) is 0. The summed E-state index contributed by atoms with van der Waals surface area (Å²) >= 11 is 3.42. The molecule has 24 heavy (non-hydrogen) atoms. The lowest BCUT2D eigenvalue weighted by Gasteiger charge is -2.22. The molecule has 122 valence electrons. The minimum atomic E-state index is -0.120. The summed E-state index contributed by atoms with van der Waals surface area (Å²) in [6.07, 6.45) is 1.69. The Morgan fingerprint density at radius 1 is 1.33 bits per heavy atom. The molecular formula is C19H17BrN2O2. The Morgan fingerprint density at radius 3 is 2.62 bits per heavy atom. The van der Waals surface area contributed by atoms with Crippen LogP contribution in [0, 0.1) is 11.3 Å². The van der Waals surface area contributed by atoms with Crippen LogP contribution in [0.5, 0.6) is 5.75 Å². The number of rotatable bonds is 6. The van der Waals surface area contributed by atoms with Crippen LogP contribution in [0.15, 0.2) is 59.6 Å². The van der Waals surface area contributed by atoms with Gasteiger partial charge in [0.25, 0.3) is 5.91 Å². The monoisotopic (exact) mass is 384 g/mol. The van der Waals surface area contributed by atoms with Crippen LogP contribution in [0.2, 0.25) is 0 Å². The molecule has 0 saturated heterocycles. The number of methoxy groups -OCH3 is 1. The topological polar surface area (TPSA) is 53.3 Å². The third-order valence-corrected chi connectivity index (χ3v) is 4.19. The van der Waals surface area contributed by atoms with Gasteiger partial charge in [0.1, 0.15) is 5.75 Å². The lowest BCUT2D eigenvalue weighted by Crippen LogP contribution is -2.31. The number of amides is 1. The first-order valence-corrected chi connectivity index (χ1v) is 8.11. The predicted octanol–water partition coefficient (Wildman–Crippen LogP) is 4.16. The number of nitriles is 1. The van der Waals surface area contributed by atoms with Gasteiger partial charge in [0.15, 0.2) is 0 Å². The summed E-state index contributed by atoms with van der Waals surface area (Å²) in [5.74, 6) is 0.503. The first kappa shape index (κ1) is 17.8. The lowest BCUT2D eigenvalue weighted by molar-refractivity contribution is 0.0761. The first-order valence-electron chi connectivity index (χ1n) is 7.31. The molecule has 0 bridgehead atoms. The van der Waals surface area contributed by atoms with Gasteiger partial charge in [-0.3, -0.25) is 4.79 Å². The number of benzene rings is 2. The van der Waals surface area contributed by atoms with Crippen LogP contribution in [-0.2, 0) is 6.54 Å². The molecule has 0 heterocycles. The summed E-state index contributed by atoms with van der Waals surface area (Å²) in [5.41, 5.74) is 2.07. The second kappa shape index (κ2) is 8.32. The van der Waals surface area contributed by atoms with Gasteiger partial charge in [-0.1, -0.05) is 18.2 Å². The van der Waals surface area contributed by atoms with Crippen molar-refractivity contribution in [3.8, 4) is 11.8 Å². The molecule has 0 atom stereocenters. The maximum Gasteiger partial charge on any atom is 0.255 e. The van der Waals surface area contributed by atoms with E-state index in [0.29, 0.717) is 34.4 Å². The van der Waals surface area contributed by atoms with Gasteiger partial charge in [-0.15, -0.1) is 6.58 Å². The van der Waals surface area contributed by atoms with Crippen LogP contribution in [0.3, 0.4) is 0 Å². The smallest absolute Gasteiger partial charge is 0.255 e. The molecule has 2 aromatic carbocycles. The van der Waals surface area contributed by atoms with Crippen LogP contribution in [0.4, 0.5) is 0 Å². The molecule has 1 amide bonds. The van der Waals surface area contributed by atoms with Crippen LogP contribution < -0.4 is 4.74 Å². The quantitative estimate of drug-likeness (QED) is 0.702. The Bertz CT molecular complexity index is 779. The van der Waals surface area contributed by atoms with E-state index in [2.05, 4.69) is 28.6 Å². The van der Waals surface area contributed by atoms with Crippen molar-refractivity contribution in [3.05, 3.63) is 76.3 Å². The van der Waals surface area contributed by atoms with E-state index in [1.807, 2.05) is 12.1 Å². The molecule has 0 aliphatic carbocycles. The molecule has 5 heteroatoms. The summed E-state index contributed by atoms with van der Waals surface area (Å²) in [4.78, 5) is 14.6. The number of halogens is 1. The van der Waals surface area contributed by atoms with Gasteiger partial charge in [-0.2, -0.15) is 5.26 Å². The number of carbonyl (C=O) groups is 1. The summed E-state index contributed by atoms with van der Waals surface area (Å²) in [6.45, 7) is 4.58. The Kier molecular flexibility index (Phi) is 6.16. The summed E-state index contributed by atoms with van der Waals surface area (Å²) in [5, 5.41) is 8.87. The third-order valence-electron chi connectivity index (χ3n) is 3.50. The summed E-state index contributed by atoms with van der Waals surface area (Å²) in [7, 11) is 1.57. The third kappa shape index (κ3) is 4.24. The van der Waals surface area contributed by atoms with Crippen LogP contribution in [-0.4, -0.2) is 24.5 Å². The van der Waals surface area contributed by atoms with E-state index in [-0.39, 0.29) is 5.91 Å². The highest BCUT2D eigenvalue weighted by Gasteiger charge is 2.18. The molecule has 0 unspecified atom stereocenters. The maximum absolute atomic E-state index is 12.9. The molecule has 0 aromatic heterocycles. The second-order valence-corrected chi connectivity index (χ2v) is 5.98. The molecule has 2 aromatic rings. The van der Waals surface area contributed by atoms with Crippen molar-refractivity contribution in [3.63, 3.8) is 0 Å². The normalized spacial score (nSPS) is 9.88. The zero-order chi connectivity index (χ0) is 17.5. The molecule has 4 nitrogen and oxygen atoms in total. The SMILES string of the molecule is C=CCN(Cc1ccc(C#N)cc1)C(=O)c1cc(OC)ccc1Br. The molecule has 0 saturated carbocycles. The zero-order valence-corrected chi connectivity index (χ0v) is 14.9. The molecular weight excluding hydrogens is 368 g/mol. The fourth-order valence-electron chi connectivity index (χ4n) is 2.25. The van der Waals surface area contributed by atoms with Gasteiger partial charge in [0.2, 0.25) is 0 Å². The van der Waals surface area contributed by atoms with Crippen LogP contribution >= 0.6 is 15.9 Å². The number of hydrogen-bond acceptors (Lipinski definition) is 3. The van der Waals surface area contributed by atoms with Crippen molar-refractivity contribution < 1.29 is 9.53 Å². The lowest BCUT2D eigenvalue weighted by atomic mass is 10.1. The van der Waals surface area contributed by atoms with E-state index in [1.54, 1.807) is 48.4 Å². The van der Waals surface area contributed by atoms with Crippen molar-refractivity contribution in [2.24, 2.45) is 0 Å². The average molecular weight is 385 g/mol. The van der Waals surface area contributed by atoms with Crippen molar-refractivity contribution in [1.82, 2.24) is 4.90 Å². The average Bonchev–Trinajstić information content (AvgIpc) is 2.62. The van der Waals surface area contributed by atoms with E-state index >= 15 is 0 Å². The molecule has 0 aliphatic rings. The highest BCUT2D eigenvalue weighted by Crippen LogP contribution is 2.24. The maximum atomic E-state index is 12.9. The minimum Gasteiger partial charge on any atom is -0.497 e. The molecule has 0 spiro atoms. The number of ether oxygens (including phenoxy) is 1. The molecule has 0 fully saturated rings. The van der Waals surface area contributed by atoms with Crippen molar-refractivity contribution in [1.29, 1.82) is 5.26 Å². The molecule has 0 radical (unpaired) electrons. The highest BCUT2D eigenvalue weighted by molar-refractivity contribution is 9.10. The van der Waals surface area contributed by atoms with Crippen molar-refractivity contribution in [2.75, 3.05) is 13.7 Å². The van der Waals surface area contributed by atoms with Gasteiger partial charge in [0.05, 0.1) is 24.3 Å². The minimum absolute atomic E-state index is 0.120. The predicted molar refractivity (Wildman–Crippen MR) is 96.8 cm³/mol. The molecule has 0 aliphatic heterocycles. The van der Waals surface area contributed by atoms with E-state index in [4.69, 9.17) is 10.00 Å². The van der Waals surface area contributed by atoms with Crippen LogP contribution in [0.1, 0.15) is 21.5 Å². The summed E-state index contributed by atoms with van der Waals surface area (Å²) < 4.78 is 5.91. The molecule has 0 N–H and O–H groups in total. The van der Waals surface area contributed by atoms with Gasteiger partial charge in [-0.05, 0) is 51.8 Å². The Hall–Kier alpha value is -2.58. The zero-order valence-electron chi connectivity index (χ0n) is 13.3. The fourth-order valence-corrected chi connectivity index (χ4v) is 2.66. The van der Waals surface area contributed by atoms with Gasteiger partial charge < -0.3 is 9.64 Å². The first-order chi connectivity index (χ1) is 11.6. The fraction of sp³-hybridized carbons (Fsp3) is 0.158.